The Balaban J connectivity index is 4.12. The van der Waals surface area contributed by atoms with Crippen molar-refractivity contribution in [3.8, 4) is 0 Å². The maximum absolute atomic E-state index is 5.99. The van der Waals surface area contributed by atoms with Gasteiger partial charge in [-0.1, -0.05) is 39.8 Å². The molecule has 0 N–H and O–H groups in total. The molecule has 0 rings (SSSR count). The van der Waals surface area contributed by atoms with Crippen LogP contribution >= 0.6 is 0 Å². The molecule has 0 aromatic carbocycles. The molecule has 0 aromatic heterocycles. The predicted octanol–water partition coefficient (Wildman–Crippen LogP) is 3.97. The van der Waals surface area contributed by atoms with Crippen LogP contribution in [0.5, 0.6) is 0 Å². The fourth-order valence-corrected chi connectivity index (χ4v) is 1.60. The van der Waals surface area contributed by atoms with Gasteiger partial charge in [0.1, 0.15) is 0 Å². The zero-order valence-corrected chi connectivity index (χ0v) is 11.0. The van der Waals surface area contributed by atoms with Crippen molar-refractivity contribution in [2.24, 2.45) is 0 Å². The lowest BCUT2D eigenvalue weighted by Gasteiger charge is -2.36. The van der Waals surface area contributed by atoms with Gasteiger partial charge in [-0.2, -0.15) is 0 Å². The molecule has 0 fully saturated rings. The molecule has 0 atom stereocenters. The van der Waals surface area contributed by atoms with Crippen molar-refractivity contribution in [2.45, 2.75) is 52.2 Å². The lowest BCUT2D eigenvalue weighted by atomic mass is 10.2. The first-order chi connectivity index (χ1) is 5.70. The van der Waals surface area contributed by atoms with Gasteiger partial charge in [0.15, 0.2) is 8.32 Å². The standard InChI is InChI=1S/C11H24OSi/c1-8-10(2)9-12-13(6,7)11(3,4)5/h2,8-9H2,1,3-7H3. The summed E-state index contributed by atoms with van der Waals surface area (Å²) in [6, 6.07) is 0. The van der Waals surface area contributed by atoms with E-state index in [-0.39, 0.29) is 0 Å². The first-order valence-corrected chi connectivity index (χ1v) is 7.92. The van der Waals surface area contributed by atoms with Crippen molar-refractivity contribution in [1.82, 2.24) is 0 Å². The molecule has 0 bridgehead atoms. The van der Waals surface area contributed by atoms with Gasteiger partial charge in [-0.25, -0.2) is 0 Å². The van der Waals surface area contributed by atoms with Gasteiger partial charge in [-0.15, -0.1) is 0 Å². The molecule has 0 radical (unpaired) electrons. The highest BCUT2D eigenvalue weighted by Gasteiger charge is 2.36. The maximum atomic E-state index is 5.99. The topological polar surface area (TPSA) is 9.23 Å². The van der Waals surface area contributed by atoms with Gasteiger partial charge < -0.3 is 4.43 Å². The third-order valence-electron chi connectivity index (χ3n) is 2.94. The molecule has 2 heteroatoms. The second-order valence-electron chi connectivity index (χ2n) is 5.15. The van der Waals surface area contributed by atoms with Gasteiger partial charge in [0.25, 0.3) is 0 Å². The van der Waals surface area contributed by atoms with Gasteiger partial charge in [-0.3, -0.25) is 0 Å². The molecule has 0 aliphatic heterocycles. The summed E-state index contributed by atoms with van der Waals surface area (Å²) in [6.45, 7) is 18.1. The van der Waals surface area contributed by atoms with E-state index in [0.29, 0.717) is 5.04 Å². The van der Waals surface area contributed by atoms with E-state index in [0.717, 1.165) is 13.0 Å². The number of rotatable bonds is 4. The van der Waals surface area contributed by atoms with E-state index in [4.69, 9.17) is 4.43 Å². The van der Waals surface area contributed by atoms with E-state index in [2.05, 4.69) is 47.4 Å². The van der Waals surface area contributed by atoms with Crippen LogP contribution in [0.3, 0.4) is 0 Å². The van der Waals surface area contributed by atoms with Crippen LogP contribution in [-0.2, 0) is 4.43 Å². The predicted molar refractivity (Wildman–Crippen MR) is 62.6 cm³/mol. The normalized spacial score (nSPS) is 13.1. The largest absolute Gasteiger partial charge is 0.413 e. The average Bonchev–Trinajstić information content (AvgIpc) is 1.98. The summed E-state index contributed by atoms with van der Waals surface area (Å²) in [7, 11) is -1.54. The van der Waals surface area contributed by atoms with Crippen molar-refractivity contribution in [3.63, 3.8) is 0 Å². The Kier molecular flexibility index (Phi) is 4.40. The Morgan fingerprint density at radius 2 is 1.77 bits per heavy atom. The van der Waals surface area contributed by atoms with E-state index < -0.39 is 8.32 Å². The zero-order valence-electron chi connectivity index (χ0n) is 10.0. The van der Waals surface area contributed by atoms with Gasteiger partial charge in [-0.05, 0) is 24.6 Å². The monoisotopic (exact) mass is 200 g/mol. The summed E-state index contributed by atoms with van der Waals surface area (Å²) in [5, 5.41) is 0.307. The van der Waals surface area contributed by atoms with Crippen molar-refractivity contribution in [3.05, 3.63) is 12.2 Å². The molecule has 13 heavy (non-hydrogen) atoms. The van der Waals surface area contributed by atoms with E-state index in [9.17, 15) is 0 Å². The molecule has 0 aliphatic rings. The summed E-state index contributed by atoms with van der Waals surface area (Å²) in [5.41, 5.74) is 1.20. The number of hydrogen-bond acceptors (Lipinski definition) is 1. The number of hydrogen-bond donors (Lipinski definition) is 0. The Labute approximate surface area is 84.3 Å². The lowest BCUT2D eigenvalue weighted by Crippen LogP contribution is -2.41. The van der Waals surface area contributed by atoms with E-state index in [1.54, 1.807) is 0 Å². The molecule has 0 unspecified atom stereocenters. The molecule has 0 saturated carbocycles. The highest BCUT2D eigenvalue weighted by Crippen LogP contribution is 2.36. The summed E-state index contributed by atoms with van der Waals surface area (Å²) in [6.07, 6.45) is 1.02. The van der Waals surface area contributed by atoms with E-state index >= 15 is 0 Å². The third kappa shape index (κ3) is 4.10. The Hall–Kier alpha value is -0.0831. The summed E-state index contributed by atoms with van der Waals surface area (Å²) < 4.78 is 5.99. The van der Waals surface area contributed by atoms with Crippen molar-refractivity contribution < 1.29 is 4.43 Å². The molecule has 78 valence electrons. The van der Waals surface area contributed by atoms with E-state index in [1.165, 1.54) is 5.57 Å². The Morgan fingerprint density at radius 1 is 1.31 bits per heavy atom. The SMILES string of the molecule is C=C(CC)CO[Si](C)(C)C(C)(C)C. The quantitative estimate of drug-likeness (QED) is 0.493. The van der Waals surface area contributed by atoms with Crippen LogP contribution in [0.15, 0.2) is 12.2 Å². The molecule has 0 aliphatic carbocycles. The highest BCUT2D eigenvalue weighted by molar-refractivity contribution is 6.74. The van der Waals surface area contributed by atoms with Gasteiger partial charge >= 0.3 is 0 Å². The average molecular weight is 200 g/mol. The Bertz CT molecular complexity index is 177. The summed E-state index contributed by atoms with van der Waals surface area (Å²) in [4.78, 5) is 0. The third-order valence-corrected chi connectivity index (χ3v) is 7.42. The second-order valence-corrected chi connectivity index (χ2v) is 9.96. The van der Waals surface area contributed by atoms with Crippen molar-refractivity contribution >= 4 is 8.32 Å². The molecular formula is C11H24OSi. The molecular weight excluding hydrogens is 176 g/mol. The minimum Gasteiger partial charge on any atom is -0.413 e. The molecule has 0 amide bonds. The van der Waals surface area contributed by atoms with Crippen molar-refractivity contribution in [2.75, 3.05) is 6.61 Å². The Morgan fingerprint density at radius 3 is 2.08 bits per heavy atom. The van der Waals surface area contributed by atoms with Crippen LogP contribution < -0.4 is 0 Å². The fraction of sp³-hybridized carbons (Fsp3) is 0.818. The smallest absolute Gasteiger partial charge is 0.192 e. The first kappa shape index (κ1) is 12.9. The molecule has 1 nitrogen and oxygen atoms in total. The van der Waals surface area contributed by atoms with E-state index in [1.807, 2.05) is 0 Å². The molecule has 0 heterocycles. The van der Waals surface area contributed by atoms with Gasteiger partial charge in [0.2, 0.25) is 0 Å². The molecule has 0 aromatic rings. The minimum absolute atomic E-state index is 0.307. The van der Waals surface area contributed by atoms with Gasteiger partial charge in [0, 0.05) is 0 Å². The van der Waals surface area contributed by atoms with Gasteiger partial charge in [0.05, 0.1) is 6.61 Å². The van der Waals surface area contributed by atoms with Crippen LogP contribution in [0.2, 0.25) is 18.1 Å². The summed E-state index contributed by atoms with van der Waals surface area (Å²) >= 11 is 0. The van der Waals surface area contributed by atoms with Crippen molar-refractivity contribution in [1.29, 1.82) is 0 Å². The lowest BCUT2D eigenvalue weighted by molar-refractivity contribution is 0.316. The zero-order chi connectivity index (χ0) is 10.7. The van der Waals surface area contributed by atoms with Crippen LogP contribution in [0.25, 0.3) is 0 Å². The second kappa shape index (κ2) is 4.42. The molecule has 0 saturated heterocycles. The maximum Gasteiger partial charge on any atom is 0.192 e. The van der Waals surface area contributed by atoms with Crippen LogP contribution in [0.4, 0.5) is 0 Å². The molecule has 0 spiro atoms. The fourth-order valence-electron chi connectivity index (χ4n) is 0.601. The first-order valence-electron chi connectivity index (χ1n) is 5.01. The highest BCUT2D eigenvalue weighted by atomic mass is 28.4. The van der Waals surface area contributed by atoms with Crippen LogP contribution in [0.1, 0.15) is 34.1 Å². The minimum atomic E-state index is -1.54. The summed E-state index contributed by atoms with van der Waals surface area (Å²) in [5.74, 6) is 0. The van der Waals surface area contributed by atoms with Crippen LogP contribution in [0, 0.1) is 0 Å². The van der Waals surface area contributed by atoms with Crippen LogP contribution in [-0.4, -0.2) is 14.9 Å².